The molecule has 4 nitrogen and oxygen atoms in total. The van der Waals surface area contributed by atoms with E-state index in [4.69, 9.17) is 5.73 Å². The number of hydrogen-bond donors (Lipinski definition) is 1. The third kappa shape index (κ3) is 3.46. The van der Waals surface area contributed by atoms with E-state index in [-0.39, 0.29) is 16.5 Å². The van der Waals surface area contributed by atoms with Crippen molar-refractivity contribution >= 4 is 27.3 Å². The summed E-state index contributed by atoms with van der Waals surface area (Å²) in [4.78, 5) is 25.5. The van der Waals surface area contributed by atoms with Gasteiger partial charge in [0.15, 0.2) is 0 Å². The van der Waals surface area contributed by atoms with Crippen LogP contribution in [0.5, 0.6) is 0 Å². The molecule has 5 heteroatoms. The molecule has 1 fully saturated rings. The Morgan fingerprint density at radius 2 is 2.05 bits per heavy atom. The number of amides is 1. The second kappa shape index (κ2) is 6.35. The van der Waals surface area contributed by atoms with E-state index in [2.05, 4.69) is 0 Å². The van der Waals surface area contributed by atoms with Crippen molar-refractivity contribution in [2.75, 3.05) is 6.54 Å². The van der Waals surface area contributed by atoms with E-state index >= 15 is 0 Å². The van der Waals surface area contributed by atoms with Crippen LogP contribution < -0.4 is 5.73 Å². The molecule has 1 heterocycles. The zero-order chi connectivity index (χ0) is 13.8. The van der Waals surface area contributed by atoms with Crippen LogP contribution in [0.1, 0.15) is 18.4 Å². The maximum atomic E-state index is 12.3. The summed E-state index contributed by atoms with van der Waals surface area (Å²) in [6.45, 7) is 0.654. The van der Waals surface area contributed by atoms with E-state index in [9.17, 15) is 9.59 Å². The molecule has 19 heavy (non-hydrogen) atoms. The Morgan fingerprint density at radius 1 is 1.37 bits per heavy atom. The zero-order valence-corrected chi connectivity index (χ0v) is 13.2. The fourth-order valence-corrected chi connectivity index (χ4v) is 3.22. The average Bonchev–Trinajstić information content (AvgIpc) is 2.88. The van der Waals surface area contributed by atoms with Gasteiger partial charge in [-0.2, -0.15) is 0 Å². The van der Waals surface area contributed by atoms with E-state index in [0.717, 1.165) is 35.3 Å². The second-order valence-electron chi connectivity index (χ2n) is 4.89. The van der Waals surface area contributed by atoms with Crippen molar-refractivity contribution in [1.82, 2.24) is 4.90 Å². The summed E-state index contributed by atoms with van der Waals surface area (Å²) < 4.78 is 0.116. The van der Waals surface area contributed by atoms with Crippen LogP contribution in [0.25, 0.3) is 0 Å². The van der Waals surface area contributed by atoms with Crippen LogP contribution in [0.3, 0.4) is 0 Å². The van der Waals surface area contributed by atoms with Crippen LogP contribution in [-0.4, -0.2) is 50.9 Å². The first-order valence-corrected chi connectivity index (χ1v) is 7.70. The van der Waals surface area contributed by atoms with E-state index in [1.807, 2.05) is 30.3 Å². The molecule has 2 N–H and O–H groups in total. The second-order valence-corrected chi connectivity index (χ2v) is 6.08. The van der Waals surface area contributed by atoms with Gasteiger partial charge in [-0.15, -0.1) is 0 Å². The van der Waals surface area contributed by atoms with E-state index in [1.165, 1.54) is 0 Å². The van der Waals surface area contributed by atoms with Gasteiger partial charge in [0, 0.05) is 0 Å². The fourth-order valence-electron chi connectivity index (χ4n) is 2.49. The number of rotatable bonds is 4. The fraction of sp³-hybridized carbons (Fsp3) is 0.429. The molecule has 3 atom stereocenters. The van der Waals surface area contributed by atoms with E-state index in [0.29, 0.717) is 13.0 Å². The van der Waals surface area contributed by atoms with Gasteiger partial charge in [-0.1, -0.05) is 0 Å². The predicted octanol–water partition coefficient (Wildman–Crippen LogP) is -0.293. The number of carbonyl (C=O) groups is 2. The molecular formula is C14H19AsN2O2. The zero-order valence-electron chi connectivity index (χ0n) is 10.8. The van der Waals surface area contributed by atoms with Crippen LogP contribution in [-0.2, 0) is 16.0 Å². The maximum absolute atomic E-state index is 12.3. The van der Waals surface area contributed by atoms with Gasteiger partial charge in [-0.3, -0.25) is 0 Å². The molecule has 0 saturated carbocycles. The van der Waals surface area contributed by atoms with Crippen LogP contribution in [0, 0.1) is 0 Å². The van der Waals surface area contributed by atoms with Gasteiger partial charge in [-0.05, 0) is 0 Å². The minimum atomic E-state index is -0.560. The molecule has 1 aliphatic heterocycles. The van der Waals surface area contributed by atoms with Crippen molar-refractivity contribution in [3.8, 4) is 0 Å². The van der Waals surface area contributed by atoms with Gasteiger partial charge in [0.05, 0.1) is 0 Å². The van der Waals surface area contributed by atoms with Gasteiger partial charge in [-0.25, -0.2) is 0 Å². The van der Waals surface area contributed by atoms with Crippen molar-refractivity contribution in [2.45, 2.75) is 31.3 Å². The first-order chi connectivity index (χ1) is 9.09. The molecule has 0 radical (unpaired) electrons. The molecule has 0 spiro atoms. The summed E-state index contributed by atoms with van der Waals surface area (Å²) in [5.41, 5.74) is 7.04. The number of likely N-dealkylation sites (tertiary alicyclic amines) is 1. The monoisotopic (exact) mass is 322 g/mol. The Bertz CT molecular complexity index is 464. The Hall–Kier alpha value is -1.12. The standard InChI is InChI=1S/C14H19AsN2O2/c15-13(18)12-7-4-8-17(12)14(19)11(16)9-10-5-2-1-3-6-10/h1-3,5-6,11-12H,4,7-9,15-16H2/t11-,12-/m0/s1. The predicted molar refractivity (Wildman–Crippen MR) is 76.4 cm³/mol. The molecular weight excluding hydrogens is 303 g/mol. The molecule has 1 saturated heterocycles. The Kier molecular flexibility index (Phi) is 4.78. The summed E-state index contributed by atoms with van der Waals surface area (Å²) in [6.07, 6.45) is 2.19. The summed E-state index contributed by atoms with van der Waals surface area (Å²) >= 11 is 1.07. The van der Waals surface area contributed by atoms with Crippen molar-refractivity contribution < 1.29 is 9.59 Å². The third-order valence-corrected chi connectivity index (χ3v) is 4.29. The van der Waals surface area contributed by atoms with E-state index in [1.54, 1.807) is 4.90 Å². The summed E-state index contributed by atoms with van der Waals surface area (Å²) in [6, 6.07) is 8.92. The van der Waals surface area contributed by atoms with Gasteiger partial charge in [0.1, 0.15) is 0 Å². The molecule has 1 aromatic carbocycles. The molecule has 2 rings (SSSR count). The van der Waals surface area contributed by atoms with E-state index < -0.39 is 6.04 Å². The van der Waals surface area contributed by atoms with Gasteiger partial charge in [0.25, 0.3) is 0 Å². The topological polar surface area (TPSA) is 63.4 Å². The first-order valence-electron chi connectivity index (χ1n) is 6.49. The summed E-state index contributed by atoms with van der Waals surface area (Å²) in [5.74, 6) is -0.0997. The molecule has 1 aromatic rings. The molecule has 0 aromatic heterocycles. The average molecular weight is 322 g/mol. The molecule has 0 aliphatic carbocycles. The van der Waals surface area contributed by atoms with Crippen LogP contribution >= 0.6 is 0 Å². The Balaban J connectivity index is 2.01. The van der Waals surface area contributed by atoms with Crippen molar-refractivity contribution in [3.05, 3.63) is 35.9 Å². The normalized spacial score (nSPS) is 20.3. The minimum absolute atomic E-state index is 0.0997. The first kappa shape index (κ1) is 14.3. The summed E-state index contributed by atoms with van der Waals surface area (Å²) in [5, 5.41) is 0. The molecule has 0 bridgehead atoms. The van der Waals surface area contributed by atoms with Crippen molar-refractivity contribution in [1.29, 1.82) is 0 Å². The number of benzene rings is 1. The van der Waals surface area contributed by atoms with Gasteiger partial charge >= 0.3 is 121 Å². The van der Waals surface area contributed by atoms with Crippen molar-refractivity contribution in [3.63, 3.8) is 0 Å². The Morgan fingerprint density at radius 3 is 2.68 bits per heavy atom. The van der Waals surface area contributed by atoms with Crippen LogP contribution in [0.2, 0.25) is 0 Å². The SMILES string of the molecule is N[C@@H](Cc1ccccc1)C(=O)N1CCC[C@H]1C(=O)[AsH2]. The number of nitrogens with zero attached hydrogens (tertiary/aromatic N) is 1. The molecule has 102 valence electrons. The van der Waals surface area contributed by atoms with Crippen LogP contribution in [0.4, 0.5) is 0 Å². The third-order valence-electron chi connectivity index (χ3n) is 3.48. The molecule has 1 unspecified atom stereocenters. The summed E-state index contributed by atoms with van der Waals surface area (Å²) in [7, 11) is 0. The van der Waals surface area contributed by atoms with Gasteiger partial charge in [0.2, 0.25) is 0 Å². The number of nitrogens with two attached hydrogens (primary N) is 1. The number of carbonyl (C=O) groups excluding carboxylic acids is 2. The molecule has 1 amide bonds. The quantitative estimate of drug-likeness (QED) is 0.775. The molecule has 1 aliphatic rings. The Labute approximate surface area is 121 Å². The van der Waals surface area contributed by atoms with Crippen LogP contribution in [0.15, 0.2) is 30.3 Å². The number of hydrogen-bond acceptors (Lipinski definition) is 3. The van der Waals surface area contributed by atoms with Gasteiger partial charge < -0.3 is 0 Å². The van der Waals surface area contributed by atoms with Crippen molar-refractivity contribution in [2.24, 2.45) is 5.73 Å².